The molecule has 6 heterocycles. The van der Waals surface area contributed by atoms with E-state index in [1.54, 1.807) is 60.8 Å². The molecule has 3 aromatic carbocycles. The third kappa shape index (κ3) is 9.76. The summed E-state index contributed by atoms with van der Waals surface area (Å²) in [6, 6.07) is 16.1. The standard InChI is InChI=1S/C19H20N4O2.C17H16N4O2.C15H13N5O2/c1-2-3-4-16-20-10-14-13-8-5-11(19(24)25)9-15(13)22-18(17(14)23-16)21-12-6-7-12;1-2-14-18-8-12-11-6-3-9(17(22)23)7-13(11)20-16(15(12)21-14)19-10-4-5-10;16-15-17-6-10-9-4-1-7(14(21)22)5-11(9)19-13(12(10)20-15)18-8-2-3-8/h5,8-10,12H,2-4,6-7H2,1H3,(H,21,22)(H,24,25);3,6-8,10H,2,4-5H2,1H3,(H,19,20)(H,22,23);1,4-6,8H,2-3H2,(H,18,19)(H,21,22)(H2,16,17,20). The van der Waals surface area contributed by atoms with E-state index in [0.717, 1.165) is 131 Å². The summed E-state index contributed by atoms with van der Waals surface area (Å²) < 4.78 is 0. The average molecular weight is 940 g/mol. The van der Waals surface area contributed by atoms with Crippen LogP contribution in [0.25, 0.3) is 65.4 Å². The van der Waals surface area contributed by atoms with Gasteiger partial charge in [0.2, 0.25) is 5.95 Å². The van der Waals surface area contributed by atoms with E-state index in [0.29, 0.717) is 46.0 Å². The number of benzene rings is 3. The number of aromatic carboxylic acids is 3. The fraction of sp³-hybridized carbons (Fsp3) is 0.294. The fourth-order valence-corrected chi connectivity index (χ4v) is 8.03. The lowest BCUT2D eigenvalue weighted by Crippen LogP contribution is -2.07. The maximum atomic E-state index is 11.3. The number of nitrogen functional groups attached to an aromatic ring is 1. The predicted octanol–water partition coefficient (Wildman–Crippen LogP) is 8.84. The lowest BCUT2D eigenvalue weighted by molar-refractivity contribution is 0.0686. The topological polar surface area (TPSA) is 290 Å². The highest BCUT2D eigenvalue weighted by molar-refractivity contribution is 6.12. The van der Waals surface area contributed by atoms with Crippen LogP contribution in [0.2, 0.25) is 0 Å². The van der Waals surface area contributed by atoms with Gasteiger partial charge in [0.1, 0.15) is 28.2 Å². The molecule has 354 valence electrons. The summed E-state index contributed by atoms with van der Waals surface area (Å²) in [6.07, 6.45) is 15.8. The van der Waals surface area contributed by atoms with E-state index in [1.165, 1.54) is 0 Å². The number of hydrogen-bond donors (Lipinski definition) is 7. The first kappa shape index (κ1) is 45.3. The number of anilines is 4. The molecule has 0 saturated heterocycles. The van der Waals surface area contributed by atoms with E-state index in [2.05, 4.69) is 62.7 Å². The van der Waals surface area contributed by atoms with Crippen molar-refractivity contribution in [3.63, 3.8) is 0 Å². The van der Waals surface area contributed by atoms with Crippen LogP contribution in [0.5, 0.6) is 0 Å². The summed E-state index contributed by atoms with van der Waals surface area (Å²) in [5.41, 5.74) is 10.5. The predicted molar refractivity (Wildman–Crippen MR) is 268 cm³/mol. The summed E-state index contributed by atoms with van der Waals surface area (Å²) >= 11 is 0. The molecule has 0 bridgehead atoms. The first-order chi connectivity index (χ1) is 33.9. The van der Waals surface area contributed by atoms with Crippen LogP contribution in [0, 0.1) is 0 Å². The molecule has 8 N–H and O–H groups in total. The van der Waals surface area contributed by atoms with Crippen molar-refractivity contribution in [2.75, 3.05) is 21.7 Å². The fourth-order valence-electron chi connectivity index (χ4n) is 8.03. The van der Waals surface area contributed by atoms with Gasteiger partial charge < -0.3 is 37.0 Å². The summed E-state index contributed by atoms with van der Waals surface area (Å²) in [4.78, 5) is 74.1. The van der Waals surface area contributed by atoms with Crippen molar-refractivity contribution >= 4 is 107 Å². The normalized spacial score (nSPS) is 14.3. The zero-order valence-corrected chi connectivity index (χ0v) is 38.4. The number of nitrogens with two attached hydrogens (primary N) is 1. The molecule has 0 radical (unpaired) electrons. The number of fused-ring (bicyclic) bond motifs is 9. The first-order valence-corrected chi connectivity index (χ1v) is 23.5. The lowest BCUT2D eigenvalue weighted by Gasteiger charge is -2.11. The van der Waals surface area contributed by atoms with Crippen LogP contribution in [0.15, 0.2) is 73.2 Å². The Balaban J connectivity index is 0.000000122. The van der Waals surface area contributed by atoms with Crippen LogP contribution >= 0.6 is 0 Å². The Kier molecular flexibility index (Phi) is 12.2. The van der Waals surface area contributed by atoms with Gasteiger partial charge in [0.15, 0.2) is 17.5 Å². The Labute approximate surface area is 399 Å². The lowest BCUT2D eigenvalue weighted by atomic mass is 10.1. The highest BCUT2D eigenvalue weighted by Gasteiger charge is 2.26. The molecule has 19 nitrogen and oxygen atoms in total. The molecule has 9 aromatic rings. The molecule has 0 spiro atoms. The maximum absolute atomic E-state index is 11.3. The molecule has 6 aromatic heterocycles. The smallest absolute Gasteiger partial charge is 0.335 e. The van der Waals surface area contributed by atoms with Gasteiger partial charge in [-0.15, -0.1) is 0 Å². The van der Waals surface area contributed by atoms with E-state index in [9.17, 15) is 24.6 Å². The number of nitrogens with zero attached hydrogens (tertiary/aromatic N) is 9. The number of aryl methyl sites for hydroxylation is 2. The second-order valence-electron chi connectivity index (χ2n) is 17.8. The van der Waals surface area contributed by atoms with Crippen LogP contribution in [0.3, 0.4) is 0 Å². The van der Waals surface area contributed by atoms with Crippen molar-refractivity contribution in [2.45, 2.75) is 96.2 Å². The average Bonchev–Trinajstić information content (AvgIpc) is 4.22. The van der Waals surface area contributed by atoms with Gasteiger partial charge in [-0.25, -0.2) is 59.2 Å². The van der Waals surface area contributed by atoms with Crippen LogP contribution in [0.4, 0.5) is 23.4 Å². The molecule has 19 heteroatoms. The molecule has 0 unspecified atom stereocenters. The molecule has 0 amide bonds. The summed E-state index contributed by atoms with van der Waals surface area (Å²) in [5, 5.41) is 42.9. The number of rotatable bonds is 13. The van der Waals surface area contributed by atoms with Gasteiger partial charge in [-0.3, -0.25) is 0 Å². The number of unbranched alkanes of at least 4 members (excludes halogenated alkanes) is 1. The summed E-state index contributed by atoms with van der Waals surface area (Å²) in [7, 11) is 0. The molecule has 0 aliphatic heterocycles. The number of carboxylic acid groups (broad SMARTS) is 3. The molecule has 0 atom stereocenters. The Morgan fingerprint density at radius 3 is 1.26 bits per heavy atom. The molecule has 3 fully saturated rings. The molecule has 3 aliphatic carbocycles. The number of hydrogen-bond acceptors (Lipinski definition) is 16. The number of pyridine rings is 3. The second kappa shape index (κ2) is 18.9. The zero-order chi connectivity index (χ0) is 48.6. The molecular formula is C51H49N13O6. The van der Waals surface area contributed by atoms with Crippen molar-refractivity contribution in [2.24, 2.45) is 0 Å². The third-order valence-electron chi connectivity index (χ3n) is 12.3. The molecule has 12 rings (SSSR count). The molecule has 3 saturated carbocycles. The minimum absolute atomic E-state index is 0.189. The van der Waals surface area contributed by atoms with Gasteiger partial charge in [-0.1, -0.05) is 38.5 Å². The highest BCUT2D eigenvalue weighted by atomic mass is 16.4. The van der Waals surface area contributed by atoms with Gasteiger partial charge in [0, 0.05) is 81.9 Å². The Bertz CT molecular complexity index is 3560. The third-order valence-corrected chi connectivity index (χ3v) is 12.3. The van der Waals surface area contributed by atoms with E-state index in [4.69, 9.17) is 15.8 Å². The van der Waals surface area contributed by atoms with Crippen molar-refractivity contribution in [3.8, 4) is 0 Å². The maximum Gasteiger partial charge on any atom is 0.335 e. The Morgan fingerprint density at radius 1 is 0.514 bits per heavy atom. The highest BCUT2D eigenvalue weighted by Crippen LogP contribution is 2.35. The Hall–Kier alpha value is -8.48. The largest absolute Gasteiger partial charge is 0.478 e. The van der Waals surface area contributed by atoms with Crippen molar-refractivity contribution in [3.05, 3.63) is 102 Å². The van der Waals surface area contributed by atoms with Gasteiger partial charge in [-0.05, 0) is 81.3 Å². The van der Waals surface area contributed by atoms with Gasteiger partial charge in [0.25, 0.3) is 0 Å². The van der Waals surface area contributed by atoms with Crippen molar-refractivity contribution in [1.29, 1.82) is 0 Å². The van der Waals surface area contributed by atoms with Gasteiger partial charge in [-0.2, -0.15) is 0 Å². The van der Waals surface area contributed by atoms with Gasteiger partial charge in [0.05, 0.1) is 33.2 Å². The minimum Gasteiger partial charge on any atom is -0.478 e. The quantitative estimate of drug-likeness (QED) is 0.0531. The van der Waals surface area contributed by atoms with E-state index in [-0.39, 0.29) is 22.6 Å². The number of aromatic nitrogens is 9. The second-order valence-corrected chi connectivity index (χ2v) is 17.8. The minimum atomic E-state index is -0.978. The molecule has 70 heavy (non-hydrogen) atoms. The SMILES string of the molecule is CCCCc1ncc2c(n1)c(NC1CC1)nc1cc(C(=O)O)ccc12.CCc1ncc2c(n1)c(NC1CC1)nc1cc(C(=O)O)ccc12.Nc1ncc2c(n1)c(NC1CC1)nc1cc(C(=O)O)ccc12. The van der Waals surface area contributed by atoms with Crippen molar-refractivity contribution in [1.82, 2.24) is 44.9 Å². The number of carboxylic acids is 3. The van der Waals surface area contributed by atoms with Crippen LogP contribution in [-0.2, 0) is 12.8 Å². The summed E-state index contributed by atoms with van der Waals surface area (Å²) in [6.45, 7) is 4.17. The molecular weight excluding hydrogens is 891 g/mol. The van der Waals surface area contributed by atoms with E-state index >= 15 is 0 Å². The number of carbonyl (C=O) groups is 3. The van der Waals surface area contributed by atoms with Gasteiger partial charge >= 0.3 is 17.9 Å². The van der Waals surface area contributed by atoms with Crippen LogP contribution < -0.4 is 21.7 Å². The van der Waals surface area contributed by atoms with Crippen molar-refractivity contribution < 1.29 is 29.7 Å². The zero-order valence-electron chi connectivity index (χ0n) is 38.4. The molecule has 3 aliphatic rings. The van der Waals surface area contributed by atoms with Crippen LogP contribution in [-0.4, -0.2) is 96.2 Å². The first-order valence-electron chi connectivity index (χ1n) is 23.5. The van der Waals surface area contributed by atoms with E-state index < -0.39 is 17.9 Å². The van der Waals surface area contributed by atoms with Crippen LogP contribution in [0.1, 0.15) is 108 Å². The summed E-state index contributed by atoms with van der Waals surface area (Å²) in [5.74, 6) is 0.985. The Morgan fingerprint density at radius 2 is 0.886 bits per heavy atom. The monoisotopic (exact) mass is 939 g/mol. The van der Waals surface area contributed by atoms with E-state index in [1.807, 2.05) is 19.3 Å². The number of nitrogens with one attached hydrogen (secondary N) is 3.